The van der Waals surface area contributed by atoms with Crippen molar-refractivity contribution >= 4 is 27.2 Å². The first-order valence-electron chi connectivity index (χ1n) is 8.90. The maximum atomic E-state index is 13.3. The van der Waals surface area contributed by atoms with Crippen LogP contribution in [0.5, 0.6) is 0 Å². The molecular weight excluding hydrogens is 398 g/mol. The standard InChI is InChI=1S/C21H18ClNO4S/c1-28(25,26)21-16(11-13-5-3-2-4-6-13)15(9-10-18(21)22)20(24)17-12-27-23-19(17)14-7-8-14/h2-6,9-10,12,14H,7-8,11H2,1H3. The molecule has 5 nitrogen and oxygen atoms in total. The average molecular weight is 416 g/mol. The number of benzene rings is 2. The van der Waals surface area contributed by atoms with Gasteiger partial charge in [0.1, 0.15) is 6.26 Å². The number of rotatable bonds is 6. The Hall–Kier alpha value is -2.44. The molecule has 2 aromatic carbocycles. The quantitative estimate of drug-likeness (QED) is 0.556. The van der Waals surface area contributed by atoms with Gasteiger partial charge in [-0.05, 0) is 42.5 Å². The van der Waals surface area contributed by atoms with Crippen molar-refractivity contribution < 1.29 is 17.7 Å². The van der Waals surface area contributed by atoms with Crippen molar-refractivity contribution in [3.05, 3.63) is 81.7 Å². The van der Waals surface area contributed by atoms with E-state index < -0.39 is 9.84 Å². The van der Waals surface area contributed by atoms with Gasteiger partial charge in [-0.1, -0.05) is 47.1 Å². The van der Waals surface area contributed by atoms with Gasteiger partial charge in [0.05, 0.1) is 21.2 Å². The van der Waals surface area contributed by atoms with Gasteiger partial charge in [-0.3, -0.25) is 4.79 Å². The van der Waals surface area contributed by atoms with Crippen LogP contribution in [0.15, 0.2) is 58.1 Å². The van der Waals surface area contributed by atoms with Crippen molar-refractivity contribution in [2.24, 2.45) is 0 Å². The lowest BCUT2D eigenvalue weighted by Crippen LogP contribution is -2.13. The summed E-state index contributed by atoms with van der Waals surface area (Å²) < 4.78 is 30.0. The summed E-state index contributed by atoms with van der Waals surface area (Å²) in [5.74, 6) is -0.0624. The average Bonchev–Trinajstić information content (AvgIpc) is 3.37. The predicted molar refractivity (Wildman–Crippen MR) is 106 cm³/mol. The Morgan fingerprint density at radius 1 is 1.14 bits per heavy atom. The monoisotopic (exact) mass is 415 g/mol. The third-order valence-electron chi connectivity index (χ3n) is 4.86. The summed E-state index contributed by atoms with van der Waals surface area (Å²) in [6.45, 7) is 0. The van der Waals surface area contributed by atoms with Crippen LogP contribution in [-0.4, -0.2) is 25.6 Å². The summed E-state index contributed by atoms with van der Waals surface area (Å²) in [5, 5.41) is 4.10. The summed E-state index contributed by atoms with van der Waals surface area (Å²) in [6, 6.07) is 12.4. The summed E-state index contributed by atoms with van der Waals surface area (Å²) in [5.41, 5.74) is 2.62. The molecule has 7 heteroatoms. The van der Waals surface area contributed by atoms with Gasteiger partial charge in [0.15, 0.2) is 15.6 Å². The van der Waals surface area contributed by atoms with Crippen molar-refractivity contribution in [3.63, 3.8) is 0 Å². The third kappa shape index (κ3) is 3.62. The molecule has 1 saturated carbocycles. The second kappa shape index (κ2) is 7.18. The Morgan fingerprint density at radius 2 is 1.86 bits per heavy atom. The molecule has 0 N–H and O–H groups in total. The van der Waals surface area contributed by atoms with Gasteiger partial charge in [-0.2, -0.15) is 0 Å². The molecule has 28 heavy (non-hydrogen) atoms. The smallest absolute Gasteiger partial charge is 0.198 e. The van der Waals surface area contributed by atoms with E-state index >= 15 is 0 Å². The van der Waals surface area contributed by atoms with E-state index in [1.165, 1.54) is 12.3 Å². The van der Waals surface area contributed by atoms with Crippen molar-refractivity contribution in [1.29, 1.82) is 0 Å². The Labute approximate surface area is 168 Å². The number of hydrogen-bond donors (Lipinski definition) is 0. The highest BCUT2D eigenvalue weighted by Crippen LogP contribution is 2.41. The Kier molecular flexibility index (Phi) is 4.85. The van der Waals surface area contributed by atoms with Crippen LogP contribution < -0.4 is 0 Å². The van der Waals surface area contributed by atoms with E-state index in [0.29, 0.717) is 22.4 Å². The molecule has 0 radical (unpaired) electrons. The van der Waals surface area contributed by atoms with Crippen LogP contribution in [0, 0.1) is 0 Å². The maximum absolute atomic E-state index is 13.3. The first-order valence-corrected chi connectivity index (χ1v) is 11.2. The molecule has 0 amide bonds. The lowest BCUT2D eigenvalue weighted by Gasteiger charge is -2.15. The first kappa shape index (κ1) is 18.9. The molecule has 1 aliphatic rings. The topological polar surface area (TPSA) is 77.2 Å². The summed E-state index contributed by atoms with van der Waals surface area (Å²) in [4.78, 5) is 13.3. The Morgan fingerprint density at radius 3 is 2.50 bits per heavy atom. The van der Waals surface area contributed by atoms with E-state index in [1.54, 1.807) is 6.07 Å². The summed E-state index contributed by atoms with van der Waals surface area (Å²) in [6.07, 6.45) is 4.66. The largest absolute Gasteiger partial charge is 0.364 e. The SMILES string of the molecule is CS(=O)(=O)c1c(Cl)ccc(C(=O)c2conc2C2CC2)c1Cc1ccccc1. The minimum absolute atomic E-state index is 0.00621. The second-order valence-corrected chi connectivity index (χ2v) is 9.41. The van der Waals surface area contributed by atoms with Crippen LogP contribution in [0.25, 0.3) is 0 Å². The number of aromatic nitrogens is 1. The molecule has 0 atom stereocenters. The van der Waals surface area contributed by atoms with Crippen LogP contribution in [0.4, 0.5) is 0 Å². The zero-order valence-electron chi connectivity index (χ0n) is 15.2. The second-order valence-electron chi connectivity index (χ2n) is 7.05. The maximum Gasteiger partial charge on any atom is 0.198 e. The minimum Gasteiger partial charge on any atom is -0.364 e. The highest BCUT2D eigenvalue weighted by atomic mass is 35.5. The van der Waals surface area contributed by atoms with Gasteiger partial charge in [0.2, 0.25) is 0 Å². The zero-order chi connectivity index (χ0) is 19.9. The lowest BCUT2D eigenvalue weighted by molar-refractivity contribution is 0.103. The molecule has 3 aromatic rings. The van der Waals surface area contributed by atoms with Gasteiger partial charge in [-0.15, -0.1) is 0 Å². The number of hydrogen-bond acceptors (Lipinski definition) is 5. The molecule has 1 aromatic heterocycles. The summed E-state index contributed by atoms with van der Waals surface area (Å²) in [7, 11) is -3.65. The molecule has 144 valence electrons. The van der Waals surface area contributed by atoms with Crippen molar-refractivity contribution in [1.82, 2.24) is 5.16 Å². The zero-order valence-corrected chi connectivity index (χ0v) is 16.8. The number of carbonyl (C=O) groups is 1. The van der Waals surface area contributed by atoms with Gasteiger partial charge >= 0.3 is 0 Å². The fourth-order valence-electron chi connectivity index (χ4n) is 3.40. The fourth-order valence-corrected chi connectivity index (χ4v) is 5.05. The molecule has 1 heterocycles. The van der Waals surface area contributed by atoms with E-state index in [2.05, 4.69) is 5.16 Å². The van der Waals surface area contributed by atoms with E-state index in [4.69, 9.17) is 16.1 Å². The molecule has 0 aliphatic heterocycles. The third-order valence-corrected chi connectivity index (χ3v) is 6.49. The van der Waals surface area contributed by atoms with Crippen LogP contribution in [0.3, 0.4) is 0 Å². The van der Waals surface area contributed by atoms with Crippen molar-refractivity contribution in [3.8, 4) is 0 Å². The van der Waals surface area contributed by atoms with E-state index in [9.17, 15) is 13.2 Å². The highest BCUT2D eigenvalue weighted by molar-refractivity contribution is 7.90. The van der Waals surface area contributed by atoms with Gasteiger partial charge in [0, 0.05) is 17.7 Å². The van der Waals surface area contributed by atoms with Crippen molar-refractivity contribution in [2.75, 3.05) is 6.26 Å². The minimum atomic E-state index is -3.65. The van der Waals surface area contributed by atoms with Crippen molar-refractivity contribution in [2.45, 2.75) is 30.1 Å². The highest BCUT2D eigenvalue weighted by Gasteiger charge is 2.33. The number of sulfone groups is 1. The van der Waals surface area contributed by atoms with Gasteiger partial charge in [-0.25, -0.2) is 8.42 Å². The molecule has 0 saturated heterocycles. The number of nitrogens with zero attached hydrogens (tertiary/aromatic N) is 1. The lowest BCUT2D eigenvalue weighted by atomic mass is 9.93. The van der Waals surface area contributed by atoms with Crippen LogP contribution in [0.1, 0.15) is 51.5 Å². The van der Waals surface area contributed by atoms with Gasteiger partial charge in [0.25, 0.3) is 0 Å². The van der Waals surface area contributed by atoms with Gasteiger partial charge < -0.3 is 4.52 Å². The molecule has 0 spiro atoms. The number of ketones is 1. The van der Waals surface area contributed by atoms with Crippen LogP contribution >= 0.6 is 11.6 Å². The van der Waals surface area contributed by atoms with E-state index in [1.807, 2.05) is 30.3 Å². The van der Waals surface area contributed by atoms with E-state index in [-0.39, 0.29) is 28.0 Å². The van der Waals surface area contributed by atoms with Crippen LogP contribution in [-0.2, 0) is 16.3 Å². The number of halogens is 1. The predicted octanol–water partition coefficient (Wildman–Crippen LogP) is 4.43. The number of carbonyl (C=O) groups excluding carboxylic acids is 1. The molecule has 1 fully saturated rings. The van der Waals surface area contributed by atoms with E-state index in [0.717, 1.165) is 24.7 Å². The molecule has 0 unspecified atom stereocenters. The fraction of sp³-hybridized carbons (Fsp3) is 0.238. The van der Waals surface area contributed by atoms with Crippen LogP contribution in [0.2, 0.25) is 5.02 Å². The first-order chi connectivity index (χ1) is 13.4. The summed E-state index contributed by atoms with van der Waals surface area (Å²) >= 11 is 6.25. The normalized spacial score (nSPS) is 14.2. The molecular formula is C21H18ClNO4S. The molecule has 1 aliphatic carbocycles. The molecule has 0 bridgehead atoms. The molecule has 4 rings (SSSR count). The Bertz CT molecular complexity index is 1150. The Balaban J connectivity index is 1.89.